The molecule has 2 atom stereocenters. The molecule has 2 unspecified atom stereocenters. The number of rotatable bonds is 3. The molecule has 5 heteroatoms. The van der Waals surface area contributed by atoms with Gasteiger partial charge in [-0.15, -0.1) is 11.8 Å². The number of ether oxygens (including phenoxy) is 1. The lowest BCUT2D eigenvalue weighted by molar-refractivity contribution is 0.184. The van der Waals surface area contributed by atoms with Crippen molar-refractivity contribution >= 4 is 35.0 Å². The highest BCUT2D eigenvalue weighted by Crippen LogP contribution is 2.35. The first-order valence-electron chi connectivity index (χ1n) is 6.71. The van der Waals surface area contributed by atoms with Gasteiger partial charge in [0, 0.05) is 16.7 Å². The molecule has 1 heterocycles. The lowest BCUT2D eigenvalue weighted by Gasteiger charge is -2.29. The van der Waals surface area contributed by atoms with E-state index in [4.69, 9.17) is 33.7 Å². The highest BCUT2D eigenvalue weighted by atomic mass is 35.5. The van der Waals surface area contributed by atoms with E-state index in [0.29, 0.717) is 16.5 Å². The van der Waals surface area contributed by atoms with E-state index in [0.717, 1.165) is 17.1 Å². The van der Waals surface area contributed by atoms with Gasteiger partial charge in [-0.3, -0.25) is 0 Å². The molecule has 2 aromatic carbocycles. The van der Waals surface area contributed by atoms with Crippen molar-refractivity contribution in [1.29, 1.82) is 0 Å². The summed E-state index contributed by atoms with van der Waals surface area (Å²) in [5.41, 5.74) is 7.38. The number of benzene rings is 2. The van der Waals surface area contributed by atoms with Crippen LogP contribution in [0.3, 0.4) is 0 Å². The van der Waals surface area contributed by atoms with Crippen LogP contribution in [0.5, 0.6) is 5.75 Å². The number of hydrogen-bond donors (Lipinski definition) is 1. The molecule has 0 fully saturated rings. The Morgan fingerprint density at radius 1 is 1.19 bits per heavy atom. The molecule has 0 aromatic heterocycles. The maximum absolute atomic E-state index is 6.31. The Bertz CT molecular complexity index is 650. The first kappa shape index (κ1) is 15.0. The van der Waals surface area contributed by atoms with E-state index in [1.807, 2.05) is 30.3 Å². The first-order chi connectivity index (χ1) is 10.1. The Kier molecular flexibility index (Phi) is 4.65. The van der Waals surface area contributed by atoms with E-state index >= 15 is 0 Å². The Labute approximate surface area is 138 Å². The van der Waals surface area contributed by atoms with E-state index in [1.54, 1.807) is 17.8 Å². The molecular formula is C16H15Cl2NOS. The molecule has 2 nitrogen and oxygen atoms in total. The average Bonchev–Trinajstić information content (AvgIpc) is 2.50. The molecule has 2 aromatic rings. The molecule has 0 saturated heterocycles. The predicted molar refractivity (Wildman–Crippen MR) is 89.7 cm³/mol. The molecule has 0 radical (unpaired) electrons. The SMILES string of the molecule is NC(Cc1ccc(Cl)c(Cl)c1)C1CSc2ccccc2O1. The topological polar surface area (TPSA) is 35.2 Å². The van der Waals surface area contributed by atoms with Crippen molar-refractivity contribution in [3.63, 3.8) is 0 Å². The largest absolute Gasteiger partial charge is 0.487 e. The van der Waals surface area contributed by atoms with Crippen LogP contribution in [0.4, 0.5) is 0 Å². The molecular weight excluding hydrogens is 325 g/mol. The lowest BCUT2D eigenvalue weighted by atomic mass is 10.0. The van der Waals surface area contributed by atoms with Gasteiger partial charge in [-0.2, -0.15) is 0 Å². The van der Waals surface area contributed by atoms with Gasteiger partial charge in [-0.1, -0.05) is 41.4 Å². The minimum atomic E-state index is -0.0805. The van der Waals surface area contributed by atoms with Crippen LogP contribution in [0.25, 0.3) is 0 Å². The van der Waals surface area contributed by atoms with Crippen molar-refractivity contribution in [3.8, 4) is 5.75 Å². The molecule has 1 aliphatic heterocycles. The minimum Gasteiger partial charge on any atom is -0.487 e. The van der Waals surface area contributed by atoms with Gasteiger partial charge < -0.3 is 10.5 Å². The van der Waals surface area contributed by atoms with Gasteiger partial charge in [-0.05, 0) is 36.2 Å². The third kappa shape index (κ3) is 3.49. The fourth-order valence-corrected chi connectivity index (χ4v) is 3.73. The van der Waals surface area contributed by atoms with Gasteiger partial charge in [0.15, 0.2) is 0 Å². The number of halogens is 2. The molecule has 0 saturated carbocycles. The molecule has 110 valence electrons. The van der Waals surface area contributed by atoms with Crippen LogP contribution in [-0.2, 0) is 6.42 Å². The summed E-state index contributed by atoms with van der Waals surface area (Å²) in [6.07, 6.45) is 0.712. The minimum absolute atomic E-state index is 0.000599. The van der Waals surface area contributed by atoms with Crippen LogP contribution in [0, 0.1) is 0 Å². The molecule has 0 bridgehead atoms. The normalized spacial score (nSPS) is 18.7. The molecule has 2 N–H and O–H groups in total. The molecule has 0 amide bonds. The van der Waals surface area contributed by atoms with Gasteiger partial charge in [0.2, 0.25) is 0 Å². The van der Waals surface area contributed by atoms with Crippen LogP contribution in [-0.4, -0.2) is 17.9 Å². The third-order valence-electron chi connectivity index (χ3n) is 3.46. The second-order valence-corrected chi connectivity index (χ2v) is 6.91. The zero-order chi connectivity index (χ0) is 14.8. The first-order valence-corrected chi connectivity index (χ1v) is 8.45. The van der Waals surface area contributed by atoms with Crippen LogP contribution in [0.2, 0.25) is 10.0 Å². The van der Waals surface area contributed by atoms with Gasteiger partial charge in [0.05, 0.1) is 10.0 Å². The highest BCUT2D eigenvalue weighted by Gasteiger charge is 2.25. The van der Waals surface area contributed by atoms with Crippen molar-refractivity contribution in [2.45, 2.75) is 23.5 Å². The van der Waals surface area contributed by atoms with Crippen molar-refractivity contribution in [3.05, 3.63) is 58.1 Å². The molecule has 0 aliphatic carbocycles. The van der Waals surface area contributed by atoms with Crippen LogP contribution in [0.1, 0.15) is 5.56 Å². The zero-order valence-corrected chi connectivity index (χ0v) is 13.6. The number of thioether (sulfide) groups is 1. The van der Waals surface area contributed by atoms with E-state index in [2.05, 4.69) is 6.07 Å². The maximum atomic E-state index is 6.31. The Morgan fingerprint density at radius 2 is 2.00 bits per heavy atom. The maximum Gasteiger partial charge on any atom is 0.133 e. The van der Waals surface area contributed by atoms with Crippen LogP contribution in [0.15, 0.2) is 47.4 Å². The van der Waals surface area contributed by atoms with Gasteiger partial charge in [-0.25, -0.2) is 0 Å². The smallest absolute Gasteiger partial charge is 0.133 e. The summed E-state index contributed by atoms with van der Waals surface area (Å²) in [6.45, 7) is 0. The van der Waals surface area contributed by atoms with Crippen LogP contribution < -0.4 is 10.5 Å². The fourth-order valence-electron chi connectivity index (χ4n) is 2.32. The summed E-state index contributed by atoms with van der Waals surface area (Å²) in [5, 5.41) is 1.12. The quantitative estimate of drug-likeness (QED) is 0.899. The summed E-state index contributed by atoms with van der Waals surface area (Å²) in [7, 11) is 0. The molecule has 21 heavy (non-hydrogen) atoms. The molecule has 3 rings (SSSR count). The van der Waals surface area contributed by atoms with E-state index in [-0.39, 0.29) is 12.1 Å². The molecule has 0 spiro atoms. The Balaban J connectivity index is 1.69. The van der Waals surface area contributed by atoms with Crippen molar-refractivity contribution in [2.24, 2.45) is 5.73 Å². The van der Waals surface area contributed by atoms with E-state index in [9.17, 15) is 0 Å². The van der Waals surface area contributed by atoms with Gasteiger partial charge in [0.1, 0.15) is 11.9 Å². The van der Waals surface area contributed by atoms with Crippen molar-refractivity contribution in [1.82, 2.24) is 0 Å². The Hall–Kier alpha value is -0.870. The van der Waals surface area contributed by atoms with Gasteiger partial charge in [0.25, 0.3) is 0 Å². The number of fused-ring (bicyclic) bond motifs is 1. The lowest BCUT2D eigenvalue weighted by Crippen LogP contribution is -2.43. The predicted octanol–water partition coefficient (Wildman–Crippen LogP) is 4.42. The Morgan fingerprint density at radius 3 is 2.81 bits per heavy atom. The van der Waals surface area contributed by atoms with Crippen LogP contribution >= 0.6 is 35.0 Å². The third-order valence-corrected chi connectivity index (χ3v) is 5.35. The summed E-state index contributed by atoms with van der Waals surface area (Å²) in [6, 6.07) is 13.6. The summed E-state index contributed by atoms with van der Waals surface area (Å²) >= 11 is 13.8. The summed E-state index contributed by atoms with van der Waals surface area (Å²) < 4.78 is 6.01. The van der Waals surface area contributed by atoms with Crippen molar-refractivity contribution < 1.29 is 4.74 Å². The average molecular weight is 340 g/mol. The fraction of sp³-hybridized carbons (Fsp3) is 0.250. The second-order valence-electron chi connectivity index (χ2n) is 5.03. The monoisotopic (exact) mass is 339 g/mol. The molecule has 1 aliphatic rings. The number of para-hydroxylation sites is 1. The number of nitrogens with two attached hydrogens (primary N) is 1. The second kappa shape index (κ2) is 6.49. The highest BCUT2D eigenvalue weighted by molar-refractivity contribution is 7.99. The summed E-state index contributed by atoms with van der Waals surface area (Å²) in [5.74, 6) is 1.78. The van der Waals surface area contributed by atoms with E-state index < -0.39 is 0 Å². The standard InChI is InChI=1S/C16H15Cl2NOS/c17-11-6-5-10(7-12(11)18)8-13(19)15-9-21-16-4-2-1-3-14(16)20-15/h1-7,13,15H,8-9,19H2. The van der Waals surface area contributed by atoms with E-state index in [1.165, 1.54) is 4.90 Å². The van der Waals surface area contributed by atoms with Crippen molar-refractivity contribution in [2.75, 3.05) is 5.75 Å². The summed E-state index contributed by atoms with van der Waals surface area (Å²) in [4.78, 5) is 1.18. The number of hydrogen-bond acceptors (Lipinski definition) is 3. The van der Waals surface area contributed by atoms with Gasteiger partial charge >= 0.3 is 0 Å². The zero-order valence-electron chi connectivity index (χ0n) is 11.3.